The number of fused-ring (bicyclic) bond motifs is 1. The van der Waals surface area contributed by atoms with Gasteiger partial charge in [-0.15, -0.1) is 0 Å². The second-order valence-electron chi connectivity index (χ2n) is 10.8. The van der Waals surface area contributed by atoms with E-state index in [1.807, 2.05) is 48.5 Å². The van der Waals surface area contributed by atoms with E-state index < -0.39 is 18.4 Å². The van der Waals surface area contributed by atoms with Gasteiger partial charge >= 0.3 is 0 Å². The maximum Gasteiger partial charge on any atom is 0.164 e. The third-order valence-electron chi connectivity index (χ3n) is 7.28. The van der Waals surface area contributed by atoms with E-state index in [1.54, 1.807) is 0 Å². The molecule has 0 aliphatic carbocycles. The first-order valence-corrected chi connectivity index (χ1v) is 14.0. The quantitative estimate of drug-likeness (QED) is 0.178. The van der Waals surface area contributed by atoms with E-state index in [0.29, 0.717) is 24.9 Å². The summed E-state index contributed by atoms with van der Waals surface area (Å²) in [5, 5.41) is 40.6. The summed E-state index contributed by atoms with van der Waals surface area (Å²) in [4.78, 5) is 18.9. The lowest BCUT2D eigenvalue weighted by Gasteiger charge is -2.18. The molecule has 0 fully saturated rings. The van der Waals surface area contributed by atoms with Crippen LogP contribution in [0, 0.1) is 0 Å². The summed E-state index contributed by atoms with van der Waals surface area (Å²) in [7, 11) is 0. The molecule has 10 heteroatoms. The van der Waals surface area contributed by atoms with Gasteiger partial charge < -0.3 is 41.5 Å². The number of aliphatic imine (C=N–C) groups is 1. The molecule has 0 saturated heterocycles. The minimum Gasteiger partial charge on any atom is -0.508 e. The lowest BCUT2D eigenvalue weighted by molar-refractivity contribution is -0.121. The summed E-state index contributed by atoms with van der Waals surface area (Å²) in [6, 6.07) is 10.6. The normalized spacial score (nSPS) is 15.9. The number of aryl methyl sites for hydroxylation is 1. The Balaban J connectivity index is 1.31. The van der Waals surface area contributed by atoms with Crippen LogP contribution < -0.4 is 16.2 Å². The Morgan fingerprint density at radius 2 is 1.93 bits per heavy atom. The maximum atomic E-state index is 12.4. The van der Waals surface area contributed by atoms with Crippen molar-refractivity contribution in [2.75, 3.05) is 13.3 Å². The second kappa shape index (κ2) is 13.8. The smallest absolute Gasteiger partial charge is 0.164 e. The van der Waals surface area contributed by atoms with Gasteiger partial charge in [-0.05, 0) is 54.0 Å². The second-order valence-corrected chi connectivity index (χ2v) is 10.8. The Labute approximate surface area is 240 Å². The molecule has 2 aliphatic heterocycles. The van der Waals surface area contributed by atoms with E-state index in [4.69, 9.17) is 16.2 Å². The number of ketones is 1. The summed E-state index contributed by atoms with van der Waals surface area (Å²) in [6.07, 6.45) is 4.29. The molecule has 41 heavy (non-hydrogen) atoms. The van der Waals surface area contributed by atoms with Gasteiger partial charge in [-0.25, -0.2) is 0 Å². The number of benzene rings is 2. The number of rotatable bonds is 15. The average Bonchev–Trinajstić information content (AvgIpc) is 3.49. The van der Waals surface area contributed by atoms with E-state index in [2.05, 4.69) is 4.99 Å². The van der Waals surface area contributed by atoms with Gasteiger partial charge in [0, 0.05) is 36.9 Å². The number of carbonyl (C=O) groups excluding carboxylic acids is 1. The standard InChI is InChI=1S/C31H40N4O6/c1-2-4-23(36)12-25(38)13-24(37)8-7-20-11-30(29(40)14-28(20)39)41-18-35-16-26-22(15-34-27(26)17-35)10-19-5-3-6-21(9-19)31(32)33/h3,5-6,9,11,14-16,23,25,31,36,38-40H,2,4,7-8,10,12-13,17-18,32-33H2,1H3. The van der Waals surface area contributed by atoms with Gasteiger partial charge in [0.2, 0.25) is 0 Å². The van der Waals surface area contributed by atoms with Crippen LogP contribution in [0.4, 0.5) is 0 Å². The molecule has 0 spiro atoms. The molecule has 2 heterocycles. The van der Waals surface area contributed by atoms with E-state index >= 15 is 0 Å². The molecule has 2 unspecified atom stereocenters. The SMILES string of the molecule is CCCC(O)CC(O)CC(=O)CCc1cc(OCN2C=C3C(Cc4cccc(C(N)N)c4)=CN=C3C2)c(O)cc1O. The van der Waals surface area contributed by atoms with Gasteiger partial charge in [-0.2, -0.15) is 0 Å². The van der Waals surface area contributed by atoms with E-state index in [9.17, 15) is 25.2 Å². The number of aliphatic hydroxyl groups excluding tert-OH is 2. The van der Waals surface area contributed by atoms with Crippen LogP contribution in [0.3, 0.4) is 0 Å². The van der Waals surface area contributed by atoms with Crippen LogP contribution in [-0.2, 0) is 17.6 Å². The molecule has 0 saturated carbocycles. The Morgan fingerprint density at radius 1 is 1.12 bits per heavy atom. The van der Waals surface area contributed by atoms with E-state index in [1.165, 1.54) is 12.1 Å². The number of Topliss-reactive ketones (excluding diaryl/α,β-unsaturated/α-hetero) is 1. The average molecular weight is 565 g/mol. The minimum absolute atomic E-state index is 0.0566. The topological polar surface area (TPSA) is 175 Å². The number of phenolic OH excluding ortho intramolecular Hbond substituents is 2. The lowest BCUT2D eigenvalue weighted by Crippen LogP contribution is -2.23. The van der Waals surface area contributed by atoms with Crippen LogP contribution in [-0.4, -0.2) is 62.3 Å². The molecule has 2 aromatic rings. The number of ether oxygens (including phenoxy) is 1. The fourth-order valence-corrected chi connectivity index (χ4v) is 5.09. The highest BCUT2D eigenvalue weighted by Crippen LogP contribution is 2.35. The Hall–Kier alpha value is -3.70. The highest BCUT2D eigenvalue weighted by atomic mass is 16.5. The number of allylic oxidation sites excluding steroid dienone is 1. The number of hydrogen-bond acceptors (Lipinski definition) is 10. The van der Waals surface area contributed by atoms with Gasteiger partial charge in [0.1, 0.15) is 11.5 Å². The summed E-state index contributed by atoms with van der Waals surface area (Å²) < 4.78 is 5.88. The molecule has 8 N–H and O–H groups in total. The van der Waals surface area contributed by atoms with Crippen molar-refractivity contribution >= 4 is 11.5 Å². The van der Waals surface area contributed by atoms with Crippen LogP contribution in [0.5, 0.6) is 17.2 Å². The Bertz CT molecular complexity index is 1340. The molecule has 0 amide bonds. The first-order chi connectivity index (χ1) is 19.6. The van der Waals surface area contributed by atoms with Crippen LogP contribution in [0.25, 0.3) is 0 Å². The summed E-state index contributed by atoms with van der Waals surface area (Å²) in [6.45, 7) is 2.65. The van der Waals surface area contributed by atoms with Crippen molar-refractivity contribution in [1.82, 2.24) is 4.90 Å². The molecular weight excluding hydrogens is 524 g/mol. The third-order valence-corrected chi connectivity index (χ3v) is 7.28. The summed E-state index contributed by atoms with van der Waals surface area (Å²) in [5.74, 6) is -0.325. The Kier molecular flexibility index (Phi) is 10.2. The van der Waals surface area contributed by atoms with Crippen molar-refractivity contribution in [1.29, 1.82) is 0 Å². The zero-order chi connectivity index (χ0) is 29.5. The van der Waals surface area contributed by atoms with Crippen LogP contribution in [0.15, 0.2) is 64.9 Å². The van der Waals surface area contributed by atoms with Crippen molar-refractivity contribution in [3.05, 3.63) is 76.6 Å². The van der Waals surface area contributed by atoms with Gasteiger partial charge in [0.05, 0.1) is 30.6 Å². The fourth-order valence-electron chi connectivity index (χ4n) is 5.09. The predicted octanol–water partition coefficient (Wildman–Crippen LogP) is 2.93. The number of aromatic hydroxyl groups is 2. The summed E-state index contributed by atoms with van der Waals surface area (Å²) in [5.41, 5.74) is 17.1. The molecule has 2 aromatic carbocycles. The maximum absolute atomic E-state index is 12.4. The Morgan fingerprint density at radius 3 is 2.68 bits per heavy atom. The first kappa shape index (κ1) is 30.3. The van der Waals surface area contributed by atoms with Gasteiger partial charge in [-0.1, -0.05) is 37.6 Å². The number of hydrogen-bond donors (Lipinski definition) is 6. The zero-order valence-corrected chi connectivity index (χ0v) is 23.4. The van der Waals surface area contributed by atoms with Crippen LogP contribution in [0.2, 0.25) is 0 Å². The molecule has 2 atom stereocenters. The number of nitrogens with zero attached hydrogens (tertiary/aromatic N) is 2. The van der Waals surface area contributed by atoms with E-state index in [0.717, 1.165) is 34.4 Å². The summed E-state index contributed by atoms with van der Waals surface area (Å²) >= 11 is 0. The highest BCUT2D eigenvalue weighted by Gasteiger charge is 2.26. The van der Waals surface area contributed by atoms with E-state index in [-0.39, 0.29) is 55.4 Å². The van der Waals surface area contributed by atoms with Crippen molar-refractivity contribution in [2.45, 2.75) is 70.2 Å². The zero-order valence-electron chi connectivity index (χ0n) is 23.4. The monoisotopic (exact) mass is 564 g/mol. The minimum atomic E-state index is -0.903. The largest absolute Gasteiger partial charge is 0.508 e. The van der Waals surface area contributed by atoms with Crippen molar-refractivity contribution < 1.29 is 30.0 Å². The molecule has 4 rings (SSSR count). The number of phenols is 2. The molecule has 0 bridgehead atoms. The van der Waals surface area contributed by atoms with Crippen LogP contribution in [0.1, 0.15) is 61.9 Å². The molecule has 220 valence electrons. The van der Waals surface area contributed by atoms with Crippen LogP contribution >= 0.6 is 0 Å². The lowest BCUT2D eigenvalue weighted by atomic mass is 9.98. The third kappa shape index (κ3) is 8.17. The molecule has 0 radical (unpaired) electrons. The van der Waals surface area contributed by atoms with Gasteiger partial charge in [0.15, 0.2) is 18.2 Å². The van der Waals surface area contributed by atoms with Crippen molar-refractivity contribution in [2.24, 2.45) is 16.5 Å². The van der Waals surface area contributed by atoms with Gasteiger partial charge in [0.25, 0.3) is 0 Å². The fraction of sp³-hybridized carbons (Fsp3) is 0.419. The van der Waals surface area contributed by atoms with Crippen molar-refractivity contribution in [3.8, 4) is 17.2 Å². The number of carbonyl (C=O) groups is 1. The van der Waals surface area contributed by atoms with Gasteiger partial charge in [-0.3, -0.25) is 9.79 Å². The molecule has 2 aliphatic rings. The highest BCUT2D eigenvalue weighted by molar-refractivity contribution is 6.09. The first-order valence-electron chi connectivity index (χ1n) is 14.0. The molecule has 10 nitrogen and oxygen atoms in total. The molecule has 0 aromatic heterocycles. The molecular formula is C31H40N4O6. The predicted molar refractivity (Wildman–Crippen MR) is 156 cm³/mol. The number of aliphatic hydroxyl groups is 2. The van der Waals surface area contributed by atoms with Crippen molar-refractivity contribution in [3.63, 3.8) is 0 Å². The number of nitrogens with two attached hydrogens (primary N) is 2.